The van der Waals surface area contributed by atoms with Crippen molar-refractivity contribution in [3.05, 3.63) is 39.8 Å². The molecule has 0 atom stereocenters. The van der Waals surface area contributed by atoms with Gasteiger partial charge in [-0.3, -0.25) is 0 Å². The van der Waals surface area contributed by atoms with Crippen LogP contribution in [-0.4, -0.2) is 11.6 Å². The Hall–Kier alpha value is -1.59. The number of hydrogen-bond donors (Lipinski definition) is 1. The van der Waals surface area contributed by atoms with Crippen molar-refractivity contribution < 1.29 is 9.47 Å². The summed E-state index contributed by atoms with van der Waals surface area (Å²) in [5.74, 6) is 1.46. The second kappa shape index (κ2) is 6.54. The van der Waals surface area contributed by atoms with Crippen molar-refractivity contribution in [3.63, 3.8) is 0 Å². The molecule has 102 valence electrons. The van der Waals surface area contributed by atoms with Gasteiger partial charge >= 0.3 is 0 Å². The fraction of sp³-hybridized carbons (Fsp3) is 0.357. The van der Waals surface area contributed by atoms with Crippen molar-refractivity contribution in [2.75, 3.05) is 6.61 Å². The summed E-state index contributed by atoms with van der Waals surface area (Å²) >= 11 is 1.60. The fourth-order valence-electron chi connectivity index (χ4n) is 1.68. The van der Waals surface area contributed by atoms with Gasteiger partial charge in [-0.25, -0.2) is 4.98 Å². The van der Waals surface area contributed by atoms with Gasteiger partial charge < -0.3 is 15.2 Å². The quantitative estimate of drug-likeness (QED) is 0.882. The summed E-state index contributed by atoms with van der Waals surface area (Å²) in [6, 6.07) is 5.77. The maximum Gasteiger partial charge on any atom is 0.161 e. The minimum absolute atomic E-state index is 0.459. The molecule has 4 nitrogen and oxygen atoms in total. The van der Waals surface area contributed by atoms with E-state index in [2.05, 4.69) is 4.98 Å². The van der Waals surface area contributed by atoms with E-state index in [9.17, 15) is 0 Å². The Morgan fingerprint density at radius 2 is 2.11 bits per heavy atom. The van der Waals surface area contributed by atoms with Gasteiger partial charge in [0.25, 0.3) is 0 Å². The first-order valence-corrected chi connectivity index (χ1v) is 7.10. The highest BCUT2D eigenvalue weighted by atomic mass is 32.1. The molecule has 1 aromatic heterocycles. The van der Waals surface area contributed by atoms with E-state index >= 15 is 0 Å². The lowest BCUT2D eigenvalue weighted by Crippen LogP contribution is -2.02. The van der Waals surface area contributed by atoms with Crippen LogP contribution in [0.2, 0.25) is 0 Å². The summed E-state index contributed by atoms with van der Waals surface area (Å²) in [6.45, 7) is 5.47. The van der Waals surface area contributed by atoms with E-state index in [1.54, 1.807) is 11.3 Å². The van der Waals surface area contributed by atoms with Gasteiger partial charge in [-0.2, -0.15) is 0 Å². The van der Waals surface area contributed by atoms with E-state index in [1.807, 2.05) is 37.4 Å². The molecule has 2 N–H and O–H groups in total. The first-order chi connectivity index (χ1) is 9.22. The SMILES string of the molecule is CCOc1cc(CN)ccc1OCc1nc(C)cs1. The number of aromatic nitrogens is 1. The highest BCUT2D eigenvalue weighted by Gasteiger charge is 2.07. The van der Waals surface area contributed by atoms with Gasteiger partial charge in [0.15, 0.2) is 11.5 Å². The lowest BCUT2D eigenvalue weighted by atomic mass is 10.2. The molecule has 0 aliphatic rings. The zero-order chi connectivity index (χ0) is 13.7. The minimum Gasteiger partial charge on any atom is -0.490 e. The molecule has 0 aliphatic carbocycles. The molecule has 2 rings (SSSR count). The van der Waals surface area contributed by atoms with Gasteiger partial charge in [-0.05, 0) is 31.5 Å². The van der Waals surface area contributed by atoms with E-state index in [4.69, 9.17) is 15.2 Å². The molecular weight excluding hydrogens is 260 g/mol. The Labute approximate surface area is 117 Å². The van der Waals surface area contributed by atoms with E-state index in [1.165, 1.54) is 0 Å². The van der Waals surface area contributed by atoms with Crippen molar-refractivity contribution in [1.29, 1.82) is 0 Å². The number of nitrogens with zero attached hydrogens (tertiary/aromatic N) is 1. The smallest absolute Gasteiger partial charge is 0.161 e. The Bertz CT molecular complexity index is 540. The van der Waals surface area contributed by atoms with Crippen LogP contribution in [0.3, 0.4) is 0 Å². The third-order valence-corrected chi connectivity index (χ3v) is 3.50. The number of aryl methyl sites for hydroxylation is 1. The van der Waals surface area contributed by atoms with Crippen LogP contribution >= 0.6 is 11.3 Å². The van der Waals surface area contributed by atoms with Gasteiger partial charge in [-0.1, -0.05) is 6.07 Å². The molecule has 5 heteroatoms. The maximum absolute atomic E-state index is 5.77. The lowest BCUT2D eigenvalue weighted by Gasteiger charge is -2.12. The highest BCUT2D eigenvalue weighted by molar-refractivity contribution is 7.09. The van der Waals surface area contributed by atoms with Crippen LogP contribution < -0.4 is 15.2 Å². The zero-order valence-electron chi connectivity index (χ0n) is 11.2. The van der Waals surface area contributed by atoms with Crippen LogP contribution in [0.1, 0.15) is 23.2 Å². The number of rotatable bonds is 6. The number of thiazole rings is 1. The van der Waals surface area contributed by atoms with Gasteiger partial charge in [0.2, 0.25) is 0 Å². The third-order valence-electron chi connectivity index (χ3n) is 2.56. The number of benzene rings is 1. The van der Waals surface area contributed by atoms with Crippen LogP contribution in [0, 0.1) is 6.92 Å². The number of nitrogens with two attached hydrogens (primary N) is 1. The number of ether oxygens (including phenoxy) is 2. The summed E-state index contributed by atoms with van der Waals surface area (Å²) < 4.78 is 11.3. The van der Waals surface area contributed by atoms with Gasteiger partial charge in [-0.15, -0.1) is 11.3 Å². The van der Waals surface area contributed by atoms with E-state index in [0.717, 1.165) is 27.8 Å². The zero-order valence-corrected chi connectivity index (χ0v) is 12.0. The predicted molar refractivity (Wildman–Crippen MR) is 76.7 cm³/mol. The van der Waals surface area contributed by atoms with Crippen molar-refractivity contribution in [2.45, 2.75) is 27.0 Å². The van der Waals surface area contributed by atoms with Crippen LogP contribution in [0.15, 0.2) is 23.6 Å². The van der Waals surface area contributed by atoms with Crippen LogP contribution in [0.5, 0.6) is 11.5 Å². The number of hydrogen-bond acceptors (Lipinski definition) is 5. The molecule has 0 spiro atoms. The average Bonchev–Trinajstić information content (AvgIpc) is 2.83. The molecule has 0 fully saturated rings. The molecule has 0 unspecified atom stereocenters. The second-order valence-corrected chi connectivity index (χ2v) is 5.03. The van der Waals surface area contributed by atoms with E-state index in [-0.39, 0.29) is 0 Å². The molecule has 1 heterocycles. The van der Waals surface area contributed by atoms with Crippen molar-refractivity contribution in [1.82, 2.24) is 4.98 Å². The topological polar surface area (TPSA) is 57.4 Å². The van der Waals surface area contributed by atoms with E-state index < -0.39 is 0 Å². The minimum atomic E-state index is 0.459. The molecule has 19 heavy (non-hydrogen) atoms. The average molecular weight is 278 g/mol. The Kier molecular flexibility index (Phi) is 4.76. The molecule has 0 radical (unpaired) electrons. The maximum atomic E-state index is 5.77. The summed E-state index contributed by atoms with van der Waals surface area (Å²) in [4.78, 5) is 4.37. The summed E-state index contributed by atoms with van der Waals surface area (Å²) in [5.41, 5.74) is 7.68. The monoisotopic (exact) mass is 278 g/mol. The molecule has 0 bridgehead atoms. The molecular formula is C14H18N2O2S. The molecule has 0 amide bonds. The molecule has 0 saturated heterocycles. The van der Waals surface area contributed by atoms with Crippen molar-refractivity contribution in [3.8, 4) is 11.5 Å². The summed E-state index contributed by atoms with van der Waals surface area (Å²) in [6.07, 6.45) is 0. The molecule has 2 aromatic rings. The Balaban J connectivity index is 2.10. The van der Waals surface area contributed by atoms with Crippen molar-refractivity contribution in [2.24, 2.45) is 5.73 Å². The first kappa shape index (κ1) is 13.8. The standard InChI is InChI=1S/C14H18N2O2S/c1-3-17-13-6-11(7-15)4-5-12(13)18-8-14-16-10(2)9-19-14/h4-6,9H,3,7-8,15H2,1-2H3. The molecule has 0 saturated carbocycles. The van der Waals surface area contributed by atoms with Crippen LogP contribution in [0.4, 0.5) is 0 Å². The van der Waals surface area contributed by atoms with Gasteiger partial charge in [0.1, 0.15) is 11.6 Å². The Morgan fingerprint density at radius 1 is 1.26 bits per heavy atom. The second-order valence-electron chi connectivity index (χ2n) is 4.09. The summed E-state index contributed by atoms with van der Waals surface area (Å²) in [7, 11) is 0. The normalized spacial score (nSPS) is 10.5. The lowest BCUT2D eigenvalue weighted by molar-refractivity contribution is 0.268. The van der Waals surface area contributed by atoms with Crippen molar-refractivity contribution >= 4 is 11.3 Å². The van der Waals surface area contributed by atoms with E-state index in [0.29, 0.717) is 19.8 Å². The molecule has 1 aromatic carbocycles. The third kappa shape index (κ3) is 3.68. The van der Waals surface area contributed by atoms with Gasteiger partial charge in [0, 0.05) is 17.6 Å². The van der Waals surface area contributed by atoms with Crippen LogP contribution in [0.25, 0.3) is 0 Å². The predicted octanol–water partition coefficient (Wildman–Crippen LogP) is 2.89. The Morgan fingerprint density at radius 3 is 2.74 bits per heavy atom. The summed E-state index contributed by atoms with van der Waals surface area (Å²) in [5, 5.41) is 2.97. The highest BCUT2D eigenvalue weighted by Crippen LogP contribution is 2.29. The fourth-order valence-corrected chi connectivity index (χ4v) is 2.36. The largest absolute Gasteiger partial charge is 0.490 e. The molecule has 0 aliphatic heterocycles. The van der Waals surface area contributed by atoms with Crippen LogP contribution in [-0.2, 0) is 13.2 Å². The first-order valence-electron chi connectivity index (χ1n) is 6.22. The van der Waals surface area contributed by atoms with Gasteiger partial charge in [0.05, 0.1) is 6.61 Å².